The Morgan fingerprint density at radius 3 is 1.67 bits per heavy atom. The van der Waals surface area contributed by atoms with Crippen LogP contribution in [0, 0.1) is 22.7 Å². The lowest BCUT2D eigenvalue weighted by Gasteiger charge is -2.59. The Morgan fingerprint density at radius 1 is 0.714 bits per heavy atom. The molecule has 2 saturated heterocycles. The Labute approximate surface area is 361 Å². The maximum atomic E-state index is 12.7. The van der Waals surface area contributed by atoms with Crippen LogP contribution in [0.15, 0.2) is 48.8 Å². The molecule has 4 aromatic rings. The first-order chi connectivity index (χ1) is 29.4. The standard InChI is InChI=1S/C25H32F3N3O4.C20H24F3N3O2/c1-16(32)29-20-12-31(22(33)35-23(2,3)4)21-6-5-18(9-19(20)21)34-8-7-17-10-24(11-17)13-30(14-24)15-25(26,27)28;1-13(27)25-18-9-24-17-3-2-15(6-16(17)18)28-5-4-14-7-19(8-14)10-26(11-19)12-20(21,22)23/h5-6,9,12,17H,7-8,10-11,13-15H2,1-4H3,(H,29,32);2-3,6,9,14,24H,4-5,7-8,10-12H2,1H3,(H,25,27). The normalized spacial score (nSPS) is 19.6. The van der Waals surface area contributed by atoms with Gasteiger partial charge in [-0.2, -0.15) is 26.3 Å². The molecule has 8 rings (SSSR count). The van der Waals surface area contributed by atoms with Gasteiger partial charge in [-0.1, -0.05) is 0 Å². The Bertz CT molecular complexity index is 2290. The summed E-state index contributed by atoms with van der Waals surface area (Å²) in [6.07, 6.45) is 0.125. The van der Waals surface area contributed by atoms with Gasteiger partial charge in [0.25, 0.3) is 0 Å². The first-order valence-electron chi connectivity index (χ1n) is 21.3. The van der Waals surface area contributed by atoms with Crippen LogP contribution in [0.3, 0.4) is 0 Å². The summed E-state index contributed by atoms with van der Waals surface area (Å²) in [5, 5.41) is 7.09. The number of aromatic amines is 1. The van der Waals surface area contributed by atoms with Crippen molar-refractivity contribution in [2.45, 2.75) is 91.1 Å². The zero-order chi connectivity index (χ0) is 45.5. The van der Waals surface area contributed by atoms with E-state index in [0.29, 0.717) is 73.6 Å². The number of carbonyl (C=O) groups excluding carboxylic acids is 3. The van der Waals surface area contributed by atoms with E-state index in [9.17, 15) is 40.7 Å². The van der Waals surface area contributed by atoms with Crippen molar-refractivity contribution in [2.75, 3.05) is 63.1 Å². The fourth-order valence-corrected chi connectivity index (χ4v) is 10.0. The van der Waals surface area contributed by atoms with Crippen molar-refractivity contribution in [3.05, 3.63) is 48.8 Å². The van der Waals surface area contributed by atoms with Crippen LogP contribution in [0.4, 0.5) is 42.5 Å². The smallest absolute Gasteiger partial charge is 0.419 e. The van der Waals surface area contributed by atoms with Gasteiger partial charge in [0, 0.05) is 68.7 Å². The van der Waals surface area contributed by atoms with Gasteiger partial charge < -0.3 is 29.8 Å². The van der Waals surface area contributed by atoms with Crippen LogP contribution in [0.5, 0.6) is 11.5 Å². The summed E-state index contributed by atoms with van der Waals surface area (Å²) in [4.78, 5) is 41.7. The molecule has 2 aromatic carbocycles. The van der Waals surface area contributed by atoms with Crippen molar-refractivity contribution >= 4 is 51.1 Å². The van der Waals surface area contributed by atoms with Crippen molar-refractivity contribution in [3.8, 4) is 11.5 Å². The van der Waals surface area contributed by atoms with E-state index >= 15 is 0 Å². The van der Waals surface area contributed by atoms with Gasteiger partial charge in [-0.05, 0) is 118 Å². The van der Waals surface area contributed by atoms with Crippen LogP contribution in [0.1, 0.15) is 73.1 Å². The molecular formula is C45H56F6N6O6. The summed E-state index contributed by atoms with van der Waals surface area (Å²) in [6, 6.07) is 11.0. The predicted octanol–water partition coefficient (Wildman–Crippen LogP) is 9.60. The summed E-state index contributed by atoms with van der Waals surface area (Å²) >= 11 is 0. The number of likely N-dealkylation sites (tertiary alicyclic amines) is 2. The van der Waals surface area contributed by atoms with Crippen LogP contribution < -0.4 is 20.1 Å². The molecule has 2 aromatic heterocycles. The molecule has 2 aliphatic carbocycles. The predicted molar refractivity (Wildman–Crippen MR) is 226 cm³/mol. The number of alkyl halides is 6. The van der Waals surface area contributed by atoms with Crippen molar-refractivity contribution in [1.82, 2.24) is 19.4 Å². The second-order valence-electron chi connectivity index (χ2n) is 19.2. The fourth-order valence-electron chi connectivity index (χ4n) is 10.0. The van der Waals surface area contributed by atoms with E-state index in [-0.39, 0.29) is 22.6 Å². The highest BCUT2D eigenvalue weighted by molar-refractivity contribution is 6.04. The van der Waals surface area contributed by atoms with Gasteiger partial charge in [0.05, 0.1) is 43.2 Å². The average molecular weight is 891 g/mol. The molecule has 4 aliphatic rings. The SMILES string of the molecule is CC(=O)Nc1c[nH]c2ccc(OCCC3CC4(C3)CN(CC(F)(F)F)C4)cc12.CC(=O)Nc1cn(C(=O)OC(C)(C)C)c2ccc(OCCC3CC4(C3)CN(CC(F)(F)F)C4)cc12. The van der Waals surface area contributed by atoms with Crippen LogP contribution in [0.2, 0.25) is 0 Å². The van der Waals surface area contributed by atoms with Crippen molar-refractivity contribution in [3.63, 3.8) is 0 Å². The number of rotatable bonds is 12. The molecule has 12 nitrogen and oxygen atoms in total. The summed E-state index contributed by atoms with van der Waals surface area (Å²) in [5.41, 5.74) is 2.23. The lowest BCUT2D eigenvalue weighted by molar-refractivity contribution is -0.187. The summed E-state index contributed by atoms with van der Waals surface area (Å²) < 4.78 is 93.3. The topological polar surface area (TPSA) is 130 Å². The monoisotopic (exact) mass is 890 g/mol. The molecule has 4 heterocycles. The lowest BCUT2D eigenvalue weighted by atomic mass is 9.57. The number of halogens is 6. The maximum Gasteiger partial charge on any atom is 0.419 e. The van der Waals surface area contributed by atoms with E-state index in [1.54, 1.807) is 51.4 Å². The Morgan fingerprint density at radius 2 is 1.19 bits per heavy atom. The molecule has 344 valence electrons. The van der Waals surface area contributed by atoms with Crippen LogP contribution in [0.25, 0.3) is 21.8 Å². The summed E-state index contributed by atoms with van der Waals surface area (Å²) in [7, 11) is 0. The van der Waals surface area contributed by atoms with Crippen molar-refractivity contribution in [2.24, 2.45) is 22.7 Å². The van der Waals surface area contributed by atoms with Gasteiger partial charge in [-0.3, -0.25) is 24.0 Å². The summed E-state index contributed by atoms with van der Waals surface area (Å²) in [5.74, 6) is 1.95. The molecule has 18 heteroatoms. The maximum absolute atomic E-state index is 12.7. The highest BCUT2D eigenvalue weighted by Gasteiger charge is 2.54. The van der Waals surface area contributed by atoms with Gasteiger partial charge in [-0.25, -0.2) is 4.79 Å². The van der Waals surface area contributed by atoms with Crippen LogP contribution in [-0.2, 0) is 14.3 Å². The Kier molecular flexibility index (Phi) is 12.8. The minimum atomic E-state index is -4.13. The number of hydrogen-bond donors (Lipinski definition) is 3. The number of H-pyrrole nitrogens is 1. The highest BCUT2D eigenvalue weighted by atomic mass is 19.4. The van der Waals surface area contributed by atoms with Gasteiger partial charge in [-0.15, -0.1) is 0 Å². The van der Waals surface area contributed by atoms with Gasteiger partial charge in [0.2, 0.25) is 11.8 Å². The van der Waals surface area contributed by atoms with E-state index in [1.165, 1.54) is 28.2 Å². The summed E-state index contributed by atoms with van der Waals surface area (Å²) in [6.45, 7) is 9.87. The number of ether oxygens (including phenoxy) is 3. The fraction of sp³-hybridized carbons (Fsp3) is 0.578. The number of nitrogens with one attached hydrogen (secondary N) is 3. The number of nitrogens with zero attached hydrogens (tertiary/aromatic N) is 3. The van der Waals surface area contributed by atoms with Crippen LogP contribution >= 0.6 is 0 Å². The number of fused-ring (bicyclic) bond motifs is 2. The first-order valence-corrected chi connectivity index (χ1v) is 21.3. The number of anilines is 2. The zero-order valence-corrected chi connectivity index (χ0v) is 36.2. The molecule has 0 atom stereocenters. The third-order valence-electron chi connectivity index (χ3n) is 12.2. The second-order valence-corrected chi connectivity index (χ2v) is 19.2. The van der Waals surface area contributed by atoms with E-state index in [1.807, 2.05) is 18.2 Å². The van der Waals surface area contributed by atoms with E-state index in [0.717, 1.165) is 60.9 Å². The molecule has 63 heavy (non-hydrogen) atoms. The molecule has 2 spiro atoms. The number of benzene rings is 2. The molecule has 2 saturated carbocycles. The average Bonchev–Trinajstić information content (AvgIpc) is 3.65. The van der Waals surface area contributed by atoms with E-state index in [2.05, 4.69) is 15.6 Å². The number of hydrogen-bond acceptors (Lipinski definition) is 8. The van der Waals surface area contributed by atoms with E-state index < -0.39 is 37.1 Å². The largest absolute Gasteiger partial charge is 0.494 e. The van der Waals surface area contributed by atoms with Gasteiger partial charge in [0.15, 0.2) is 0 Å². The zero-order valence-electron chi connectivity index (χ0n) is 36.2. The third kappa shape index (κ3) is 11.8. The quantitative estimate of drug-likeness (QED) is 0.120. The Balaban J connectivity index is 0.000000193. The number of amides is 2. The Hall–Kier alpha value is -4.97. The van der Waals surface area contributed by atoms with Gasteiger partial charge in [0.1, 0.15) is 17.1 Å². The van der Waals surface area contributed by atoms with E-state index in [4.69, 9.17) is 14.2 Å². The van der Waals surface area contributed by atoms with Crippen LogP contribution in [-0.4, -0.2) is 108 Å². The molecule has 3 N–H and O–H groups in total. The minimum Gasteiger partial charge on any atom is -0.494 e. The lowest BCUT2D eigenvalue weighted by Crippen LogP contribution is -2.63. The first kappa shape index (κ1) is 46.0. The molecule has 2 amide bonds. The molecule has 0 radical (unpaired) electrons. The number of carbonyl (C=O) groups is 3. The van der Waals surface area contributed by atoms with Crippen molar-refractivity contribution < 1.29 is 54.9 Å². The molecule has 4 fully saturated rings. The molecule has 0 unspecified atom stereocenters. The second kappa shape index (κ2) is 17.5. The third-order valence-corrected chi connectivity index (χ3v) is 12.2. The minimum absolute atomic E-state index is 0.0622. The van der Waals surface area contributed by atoms with Crippen molar-refractivity contribution in [1.29, 1.82) is 0 Å². The number of aromatic nitrogens is 2. The molecule has 2 aliphatic heterocycles. The molecular weight excluding hydrogens is 835 g/mol. The molecule has 0 bridgehead atoms. The van der Waals surface area contributed by atoms with Gasteiger partial charge >= 0.3 is 18.4 Å². The highest BCUT2D eigenvalue weighted by Crippen LogP contribution is 2.54.